The third kappa shape index (κ3) is 2.63. The van der Waals surface area contributed by atoms with Crippen molar-refractivity contribution < 1.29 is 0 Å². The van der Waals surface area contributed by atoms with Crippen LogP contribution < -0.4 is 11.1 Å². The maximum absolute atomic E-state index is 5.97. The molecule has 0 amide bonds. The normalized spacial score (nSPS) is 31.3. The van der Waals surface area contributed by atoms with Gasteiger partial charge < -0.3 is 11.1 Å². The highest BCUT2D eigenvalue weighted by atomic mass is 79.9. The van der Waals surface area contributed by atoms with Crippen LogP contribution in [0.2, 0.25) is 0 Å². The van der Waals surface area contributed by atoms with Crippen molar-refractivity contribution in [1.82, 2.24) is 5.32 Å². The van der Waals surface area contributed by atoms with Crippen LogP contribution in [0.15, 0.2) is 22.7 Å². The Balaban J connectivity index is 1.66. The highest BCUT2D eigenvalue weighted by molar-refractivity contribution is 9.10. The lowest BCUT2D eigenvalue weighted by Crippen LogP contribution is -2.38. The van der Waals surface area contributed by atoms with E-state index in [2.05, 4.69) is 39.4 Å². The number of nitrogens with one attached hydrogen (secondary N) is 1. The second-order valence-corrected chi connectivity index (χ2v) is 6.63. The van der Waals surface area contributed by atoms with E-state index in [4.69, 9.17) is 5.73 Å². The Morgan fingerprint density at radius 2 is 1.89 bits per heavy atom. The summed E-state index contributed by atoms with van der Waals surface area (Å²) in [6.45, 7) is 0. The molecule has 1 fully saturated rings. The average molecular weight is 309 g/mol. The Morgan fingerprint density at radius 3 is 2.67 bits per heavy atom. The van der Waals surface area contributed by atoms with Crippen LogP contribution in [0.25, 0.3) is 0 Å². The number of hydrogen-bond acceptors (Lipinski definition) is 2. The maximum atomic E-state index is 5.97. The predicted octanol–water partition coefficient (Wildman–Crippen LogP) is 3.30. The first-order chi connectivity index (χ1) is 8.72. The molecule has 0 aromatic heterocycles. The molecule has 3 rings (SSSR count). The van der Waals surface area contributed by atoms with Gasteiger partial charge in [0.1, 0.15) is 0 Å². The first kappa shape index (κ1) is 12.6. The van der Waals surface area contributed by atoms with Gasteiger partial charge in [0.2, 0.25) is 0 Å². The first-order valence-electron chi connectivity index (χ1n) is 7.02. The fourth-order valence-electron chi connectivity index (χ4n) is 3.33. The summed E-state index contributed by atoms with van der Waals surface area (Å²) >= 11 is 3.56. The number of rotatable bonds is 2. The summed E-state index contributed by atoms with van der Waals surface area (Å²) in [6, 6.07) is 8.38. The zero-order valence-corrected chi connectivity index (χ0v) is 12.2. The van der Waals surface area contributed by atoms with E-state index in [1.807, 2.05) is 0 Å². The molecule has 0 spiro atoms. The summed E-state index contributed by atoms with van der Waals surface area (Å²) in [7, 11) is 0. The SMILES string of the molecule is NC1CCC(NC2CCc3cc(Br)ccc32)CC1. The molecule has 3 heteroatoms. The topological polar surface area (TPSA) is 38.0 Å². The molecular weight excluding hydrogens is 288 g/mol. The fraction of sp³-hybridized carbons (Fsp3) is 0.600. The highest BCUT2D eigenvalue weighted by Crippen LogP contribution is 2.34. The van der Waals surface area contributed by atoms with Gasteiger partial charge in [0.05, 0.1) is 0 Å². The molecule has 0 saturated heterocycles. The fourth-order valence-corrected chi connectivity index (χ4v) is 3.74. The van der Waals surface area contributed by atoms with Crippen molar-refractivity contribution in [3.8, 4) is 0 Å². The minimum Gasteiger partial charge on any atom is -0.328 e. The standard InChI is InChI=1S/C15H21BrN2/c16-11-2-7-14-10(9-11)1-8-15(14)18-13-5-3-12(17)4-6-13/h2,7,9,12-13,15,18H,1,3-6,8,17H2. The Bertz CT molecular complexity index is 425. The number of benzene rings is 1. The smallest absolute Gasteiger partial charge is 0.0328 e. The maximum Gasteiger partial charge on any atom is 0.0328 e. The van der Waals surface area contributed by atoms with E-state index in [1.54, 1.807) is 0 Å². The van der Waals surface area contributed by atoms with E-state index < -0.39 is 0 Å². The van der Waals surface area contributed by atoms with Crippen LogP contribution in [-0.4, -0.2) is 12.1 Å². The van der Waals surface area contributed by atoms with Crippen LogP contribution in [0.5, 0.6) is 0 Å². The van der Waals surface area contributed by atoms with E-state index in [9.17, 15) is 0 Å². The van der Waals surface area contributed by atoms with Crippen LogP contribution in [0.3, 0.4) is 0 Å². The Labute approximate surface area is 117 Å². The molecule has 1 atom stereocenters. The predicted molar refractivity (Wildman–Crippen MR) is 78.6 cm³/mol. The second kappa shape index (κ2) is 5.32. The molecule has 1 aromatic rings. The van der Waals surface area contributed by atoms with Crippen molar-refractivity contribution in [3.05, 3.63) is 33.8 Å². The van der Waals surface area contributed by atoms with Gasteiger partial charge in [-0.15, -0.1) is 0 Å². The lowest BCUT2D eigenvalue weighted by Gasteiger charge is -2.29. The van der Waals surface area contributed by atoms with Gasteiger partial charge in [0, 0.05) is 22.6 Å². The van der Waals surface area contributed by atoms with E-state index in [-0.39, 0.29) is 0 Å². The molecule has 0 bridgehead atoms. The summed E-state index contributed by atoms with van der Waals surface area (Å²) in [6.07, 6.45) is 7.29. The summed E-state index contributed by atoms with van der Waals surface area (Å²) in [5, 5.41) is 3.84. The van der Waals surface area contributed by atoms with Gasteiger partial charge in [-0.2, -0.15) is 0 Å². The molecule has 0 radical (unpaired) electrons. The molecule has 3 N–H and O–H groups in total. The number of nitrogens with two attached hydrogens (primary N) is 1. The van der Waals surface area contributed by atoms with E-state index in [1.165, 1.54) is 54.1 Å². The van der Waals surface area contributed by atoms with Crippen molar-refractivity contribution in [1.29, 1.82) is 0 Å². The summed E-state index contributed by atoms with van der Waals surface area (Å²) in [4.78, 5) is 0. The van der Waals surface area contributed by atoms with Gasteiger partial charge in [-0.05, 0) is 61.8 Å². The first-order valence-corrected chi connectivity index (χ1v) is 7.81. The number of halogens is 1. The highest BCUT2D eigenvalue weighted by Gasteiger charge is 2.26. The zero-order valence-electron chi connectivity index (χ0n) is 10.7. The molecule has 2 aliphatic rings. The van der Waals surface area contributed by atoms with E-state index in [0.717, 1.165) is 0 Å². The number of hydrogen-bond donors (Lipinski definition) is 2. The largest absolute Gasteiger partial charge is 0.328 e. The van der Waals surface area contributed by atoms with Crippen LogP contribution in [0, 0.1) is 0 Å². The molecule has 2 aliphatic carbocycles. The molecule has 1 saturated carbocycles. The molecule has 98 valence electrons. The molecule has 18 heavy (non-hydrogen) atoms. The van der Waals surface area contributed by atoms with Gasteiger partial charge in [-0.1, -0.05) is 22.0 Å². The molecule has 0 aliphatic heterocycles. The number of fused-ring (bicyclic) bond motifs is 1. The molecule has 1 aromatic carbocycles. The third-order valence-corrected chi connectivity index (χ3v) is 4.88. The van der Waals surface area contributed by atoms with Gasteiger partial charge >= 0.3 is 0 Å². The van der Waals surface area contributed by atoms with Gasteiger partial charge in [-0.25, -0.2) is 0 Å². The molecule has 2 nitrogen and oxygen atoms in total. The van der Waals surface area contributed by atoms with Crippen LogP contribution in [0.4, 0.5) is 0 Å². The minimum atomic E-state index is 0.440. The molecular formula is C15H21BrN2. The third-order valence-electron chi connectivity index (χ3n) is 4.39. The second-order valence-electron chi connectivity index (χ2n) is 5.71. The van der Waals surface area contributed by atoms with Gasteiger partial charge in [-0.3, -0.25) is 0 Å². The molecule has 1 unspecified atom stereocenters. The molecule has 0 heterocycles. The van der Waals surface area contributed by atoms with Crippen molar-refractivity contribution >= 4 is 15.9 Å². The Kier molecular flexibility index (Phi) is 3.73. The minimum absolute atomic E-state index is 0.440. The van der Waals surface area contributed by atoms with E-state index >= 15 is 0 Å². The number of aryl methyl sites for hydroxylation is 1. The average Bonchev–Trinajstić information content (AvgIpc) is 2.74. The van der Waals surface area contributed by atoms with Gasteiger partial charge in [0.25, 0.3) is 0 Å². The Morgan fingerprint density at radius 1 is 1.11 bits per heavy atom. The van der Waals surface area contributed by atoms with Gasteiger partial charge in [0.15, 0.2) is 0 Å². The van der Waals surface area contributed by atoms with Crippen molar-refractivity contribution in [2.24, 2.45) is 5.73 Å². The van der Waals surface area contributed by atoms with E-state index in [0.29, 0.717) is 18.1 Å². The van der Waals surface area contributed by atoms with Crippen molar-refractivity contribution in [2.75, 3.05) is 0 Å². The van der Waals surface area contributed by atoms with Crippen molar-refractivity contribution in [2.45, 2.75) is 56.7 Å². The van der Waals surface area contributed by atoms with Crippen LogP contribution in [-0.2, 0) is 6.42 Å². The van der Waals surface area contributed by atoms with Crippen LogP contribution in [0.1, 0.15) is 49.3 Å². The zero-order chi connectivity index (χ0) is 12.5. The monoisotopic (exact) mass is 308 g/mol. The summed E-state index contributed by atoms with van der Waals surface area (Å²) in [5.41, 5.74) is 8.98. The summed E-state index contributed by atoms with van der Waals surface area (Å²) < 4.78 is 1.20. The van der Waals surface area contributed by atoms with Crippen molar-refractivity contribution in [3.63, 3.8) is 0 Å². The Hall–Kier alpha value is -0.380. The lowest BCUT2D eigenvalue weighted by molar-refractivity contribution is 0.315. The van der Waals surface area contributed by atoms with Crippen LogP contribution >= 0.6 is 15.9 Å². The quantitative estimate of drug-likeness (QED) is 0.880. The summed E-state index contributed by atoms with van der Waals surface area (Å²) in [5.74, 6) is 0. The lowest BCUT2D eigenvalue weighted by atomic mass is 9.91.